The summed E-state index contributed by atoms with van der Waals surface area (Å²) in [6.07, 6.45) is 5.71. The average molecular weight is 305 g/mol. The molecule has 3 atom stereocenters. The van der Waals surface area contributed by atoms with Crippen LogP contribution < -0.4 is 0 Å². The lowest BCUT2D eigenvalue weighted by Gasteiger charge is -2.24. The second-order valence-electron chi connectivity index (χ2n) is 6.41. The van der Waals surface area contributed by atoms with E-state index in [2.05, 4.69) is 27.4 Å². The maximum absolute atomic E-state index is 6.42. The largest absolute Gasteiger partial charge is 0.307 e. The summed E-state index contributed by atoms with van der Waals surface area (Å²) in [5, 5.41) is -0.0880. The number of halogens is 1. The van der Waals surface area contributed by atoms with Crippen molar-refractivity contribution in [1.29, 1.82) is 0 Å². The summed E-state index contributed by atoms with van der Waals surface area (Å²) in [5.74, 6) is 0.975. The molecule has 2 aliphatic heterocycles. The number of hydrogen-bond donors (Lipinski definition) is 0. The van der Waals surface area contributed by atoms with Gasteiger partial charge in [-0.15, -0.1) is 11.6 Å². The first-order valence-electron chi connectivity index (χ1n) is 7.88. The Morgan fingerprint density at radius 2 is 2.14 bits per heavy atom. The van der Waals surface area contributed by atoms with E-state index in [1.54, 1.807) is 0 Å². The lowest BCUT2D eigenvalue weighted by molar-refractivity contribution is 0.289. The quantitative estimate of drug-likeness (QED) is 0.797. The fourth-order valence-electron chi connectivity index (χ4n) is 4.06. The van der Waals surface area contributed by atoms with Gasteiger partial charge >= 0.3 is 0 Å². The number of pyridine rings is 1. The van der Waals surface area contributed by atoms with Crippen LogP contribution in [0, 0.1) is 6.92 Å². The molecule has 0 amide bonds. The lowest BCUT2D eigenvalue weighted by atomic mass is 10.1. The molecule has 4 nitrogen and oxygen atoms in total. The van der Waals surface area contributed by atoms with Crippen LogP contribution in [0.1, 0.15) is 49.0 Å². The third-order valence-electron chi connectivity index (χ3n) is 4.95. The van der Waals surface area contributed by atoms with Crippen LogP contribution in [0.2, 0.25) is 0 Å². The molecule has 0 N–H and O–H groups in total. The summed E-state index contributed by atoms with van der Waals surface area (Å²) in [7, 11) is 0. The molecule has 5 heteroatoms. The first kappa shape index (κ1) is 13.5. The fourth-order valence-corrected chi connectivity index (χ4v) is 4.22. The van der Waals surface area contributed by atoms with Gasteiger partial charge in [-0.1, -0.05) is 0 Å². The number of imidazole rings is 1. The molecule has 0 bridgehead atoms. The molecule has 3 unspecified atom stereocenters. The molecule has 0 saturated carbocycles. The molecule has 2 aromatic rings. The number of rotatable bonds is 2. The van der Waals surface area contributed by atoms with E-state index in [4.69, 9.17) is 16.6 Å². The maximum atomic E-state index is 6.42. The average Bonchev–Trinajstić information content (AvgIpc) is 3.10. The molecule has 4 rings (SSSR count). The molecule has 4 heterocycles. The third kappa shape index (κ3) is 2.08. The smallest absolute Gasteiger partial charge is 0.160 e. The second-order valence-corrected chi connectivity index (χ2v) is 7.07. The van der Waals surface area contributed by atoms with Crippen LogP contribution in [0.25, 0.3) is 11.2 Å². The monoisotopic (exact) mass is 304 g/mol. The Labute approximate surface area is 130 Å². The molecule has 2 fully saturated rings. The first-order chi connectivity index (χ1) is 10.1. The van der Waals surface area contributed by atoms with E-state index in [0.29, 0.717) is 12.1 Å². The van der Waals surface area contributed by atoms with Crippen LogP contribution >= 0.6 is 11.6 Å². The van der Waals surface area contributed by atoms with Crippen molar-refractivity contribution in [3.63, 3.8) is 0 Å². The van der Waals surface area contributed by atoms with Crippen molar-refractivity contribution < 1.29 is 0 Å². The maximum Gasteiger partial charge on any atom is 0.160 e. The van der Waals surface area contributed by atoms with Crippen molar-refractivity contribution in [2.75, 3.05) is 13.1 Å². The molecule has 21 heavy (non-hydrogen) atoms. The summed E-state index contributed by atoms with van der Waals surface area (Å²) in [6.45, 7) is 6.50. The highest BCUT2D eigenvalue weighted by atomic mass is 35.5. The van der Waals surface area contributed by atoms with Gasteiger partial charge < -0.3 is 4.57 Å². The van der Waals surface area contributed by atoms with Gasteiger partial charge in [-0.25, -0.2) is 9.97 Å². The molecule has 2 saturated heterocycles. The van der Waals surface area contributed by atoms with Crippen molar-refractivity contribution in [2.24, 2.45) is 0 Å². The lowest BCUT2D eigenvalue weighted by Crippen LogP contribution is -2.28. The first-order valence-corrected chi connectivity index (χ1v) is 8.31. The number of fused-ring (bicyclic) bond motifs is 2. The normalized spacial score (nSPS) is 27.4. The van der Waals surface area contributed by atoms with Crippen LogP contribution in [0.3, 0.4) is 0 Å². The topological polar surface area (TPSA) is 34.0 Å². The van der Waals surface area contributed by atoms with Gasteiger partial charge in [0, 0.05) is 18.8 Å². The van der Waals surface area contributed by atoms with Gasteiger partial charge in [0.15, 0.2) is 5.65 Å². The molecule has 2 aromatic heterocycles. The van der Waals surface area contributed by atoms with Crippen molar-refractivity contribution in [3.05, 3.63) is 23.7 Å². The van der Waals surface area contributed by atoms with E-state index in [-0.39, 0.29) is 5.38 Å². The fraction of sp³-hybridized carbons (Fsp3) is 0.625. The highest BCUT2D eigenvalue weighted by Gasteiger charge is 2.40. The van der Waals surface area contributed by atoms with Crippen molar-refractivity contribution in [3.8, 4) is 0 Å². The van der Waals surface area contributed by atoms with Crippen LogP contribution in [0.5, 0.6) is 0 Å². The molecule has 0 aromatic carbocycles. The Bertz CT molecular complexity index is 678. The van der Waals surface area contributed by atoms with Gasteiger partial charge in [-0.3, -0.25) is 4.90 Å². The summed E-state index contributed by atoms with van der Waals surface area (Å²) in [4.78, 5) is 12.1. The van der Waals surface area contributed by atoms with Gasteiger partial charge in [0.1, 0.15) is 11.3 Å². The van der Waals surface area contributed by atoms with Gasteiger partial charge in [0.2, 0.25) is 0 Å². The van der Waals surface area contributed by atoms with Crippen molar-refractivity contribution in [2.45, 2.75) is 50.6 Å². The number of nitrogens with zero attached hydrogens (tertiary/aromatic N) is 4. The Morgan fingerprint density at radius 3 is 2.95 bits per heavy atom. The summed E-state index contributed by atoms with van der Waals surface area (Å²) in [6, 6.07) is 3.23. The second kappa shape index (κ2) is 4.96. The summed E-state index contributed by atoms with van der Waals surface area (Å²) in [5.41, 5.74) is 3.13. The number of aromatic nitrogens is 3. The predicted molar refractivity (Wildman–Crippen MR) is 84.8 cm³/mol. The Morgan fingerprint density at radius 1 is 1.29 bits per heavy atom. The Balaban J connectivity index is 1.88. The van der Waals surface area contributed by atoms with Crippen molar-refractivity contribution in [1.82, 2.24) is 19.4 Å². The van der Waals surface area contributed by atoms with E-state index in [9.17, 15) is 0 Å². The minimum Gasteiger partial charge on any atom is -0.307 e. The van der Waals surface area contributed by atoms with Gasteiger partial charge in [-0.05, 0) is 51.3 Å². The minimum absolute atomic E-state index is 0.0880. The van der Waals surface area contributed by atoms with E-state index in [1.807, 2.05) is 13.1 Å². The SMILES string of the molecule is Cc1cnc2c(c1)nc(C(C)Cl)n2C1CCN2CCCC12. The van der Waals surface area contributed by atoms with Crippen LogP contribution in [0.4, 0.5) is 0 Å². The third-order valence-corrected chi connectivity index (χ3v) is 5.15. The highest BCUT2D eigenvalue weighted by Crippen LogP contribution is 2.39. The van der Waals surface area contributed by atoms with Crippen LogP contribution in [-0.2, 0) is 0 Å². The Hall–Kier alpha value is -1.13. The molecule has 0 spiro atoms. The van der Waals surface area contributed by atoms with Gasteiger partial charge in [-0.2, -0.15) is 0 Å². The van der Waals surface area contributed by atoms with Crippen LogP contribution in [-0.4, -0.2) is 38.6 Å². The Kier molecular flexibility index (Phi) is 3.19. The van der Waals surface area contributed by atoms with Gasteiger partial charge in [0.25, 0.3) is 0 Å². The number of aryl methyl sites for hydroxylation is 1. The van der Waals surface area contributed by atoms with Gasteiger partial charge in [0.05, 0.1) is 11.4 Å². The minimum atomic E-state index is -0.0880. The summed E-state index contributed by atoms with van der Waals surface area (Å²) >= 11 is 6.42. The highest BCUT2D eigenvalue weighted by molar-refractivity contribution is 6.20. The van der Waals surface area contributed by atoms with Crippen molar-refractivity contribution >= 4 is 22.8 Å². The van der Waals surface area contributed by atoms with Crippen LogP contribution in [0.15, 0.2) is 12.3 Å². The van der Waals surface area contributed by atoms with E-state index in [1.165, 1.54) is 32.4 Å². The van der Waals surface area contributed by atoms with E-state index < -0.39 is 0 Å². The molecule has 0 radical (unpaired) electrons. The number of hydrogen-bond acceptors (Lipinski definition) is 3. The number of alkyl halides is 1. The standard InChI is InChI=1S/C16H21ClN4/c1-10-8-12-16(18-9-10)21(15(19-12)11(2)17)14-5-7-20-6-3-4-13(14)20/h8-9,11,13-14H,3-7H2,1-2H3. The predicted octanol–water partition coefficient (Wildman–Crippen LogP) is 3.45. The molecule has 112 valence electrons. The molecular formula is C16H21ClN4. The van der Waals surface area contributed by atoms with E-state index in [0.717, 1.165) is 22.6 Å². The summed E-state index contributed by atoms with van der Waals surface area (Å²) < 4.78 is 2.34. The molecular weight excluding hydrogens is 284 g/mol. The zero-order valence-electron chi connectivity index (χ0n) is 12.6. The van der Waals surface area contributed by atoms with E-state index >= 15 is 0 Å². The zero-order valence-corrected chi connectivity index (χ0v) is 13.3. The zero-order chi connectivity index (χ0) is 14.6. The molecule has 0 aliphatic carbocycles. The molecule has 2 aliphatic rings.